The van der Waals surface area contributed by atoms with Crippen LogP contribution in [-0.2, 0) is 13.0 Å². The average molecular weight is 282 g/mol. The van der Waals surface area contributed by atoms with Gasteiger partial charge in [0.05, 0.1) is 0 Å². The van der Waals surface area contributed by atoms with Crippen molar-refractivity contribution < 1.29 is 9.90 Å². The first-order valence-corrected chi connectivity index (χ1v) is 7.05. The second-order valence-corrected chi connectivity index (χ2v) is 5.25. The molecule has 0 fully saturated rings. The molecular weight excluding hydrogens is 264 g/mol. The molecule has 0 saturated heterocycles. The van der Waals surface area contributed by atoms with E-state index in [9.17, 15) is 9.90 Å². The van der Waals surface area contributed by atoms with E-state index in [1.54, 1.807) is 36.2 Å². The van der Waals surface area contributed by atoms with Crippen LogP contribution in [0.4, 0.5) is 5.69 Å². The highest BCUT2D eigenvalue weighted by atomic mass is 16.3. The number of hydrogen-bond acceptors (Lipinski definition) is 3. The van der Waals surface area contributed by atoms with Crippen LogP contribution >= 0.6 is 0 Å². The Balaban J connectivity index is 1.93. The van der Waals surface area contributed by atoms with Gasteiger partial charge in [0.15, 0.2) is 0 Å². The molecule has 21 heavy (non-hydrogen) atoms. The van der Waals surface area contributed by atoms with Crippen molar-refractivity contribution in [1.29, 1.82) is 0 Å². The SMILES string of the molecule is CN(C(=O)c1cccc2c1CCNC2)c1ccc(O)cc1. The van der Waals surface area contributed by atoms with Crippen LogP contribution in [-0.4, -0.2) is 24.6 Å². The van der Waals surface area contributed by atoms with E-state index in [1.807, 2.05) is 12.1 Å². The quantitative estimate of drug-likeness (QED) is 0.888. The summed E-state index contributed by atoms with van der Waals surface area (Å²) >= 11 is 0. The van der Waals surface area contributed by atoms with E-state index in [4.69, 9.17) is 0 Å². The van der Waals surface area contributed by atoms with Gasteiger partial charge in [0, 0.05) is 24.8 Å². The van der Waals surface area contributed by atoms with E-state index in [2.05, 4.69) is 11.4 Å². The van der Waals surface area contributed by atoms with Gasteiger partial charge in [-0.3, -0.25) is 4.79 Å². The maximum absolute atomic E-state index is 12.7. The topological polar surface area (TPSA) is 52.6 Å². The molecule has 3 rings (SSSR count). The van der Waals surface area contributed by atoms with E-state index >= 15 is 0 Å². The summed E-state index contributed by atoms with van der Waals surface area (Å²) in [6.07, 6.45) is 0.876. The molecule has 1 aliphatic rings. The third kappa shape index (κ3) is 2.62. The molecule has 0 aliphatic carbocycles. The van der Waals surface area contributed by atoms with Gasteiger partial charge in [-0.05, 0) is 54.4 Å². The fourth-order valence-corrected chi connectivity index (χ4v) is 2.71. The van der Waals surface area contributed by atoms with Gasteiger partial charge in [-0.2, -0.15) is 0 Å². The first-order valence-electron chi connectivity index (χ1n) is 7.05. The Morgan fingerprint density at radius 3 is 2.71 bits per heavy atom. The molecule has 2 N–H and O–H groups in total. The van der Waals surface area contributed by atoms with E-state index in [1.165, 1.54) is 5.56 Å². The van der Waals surface area contributed by atoms with E-state index in [0.717, 1.165) is 36.3 Å². The standard InChI is InChI=1S/C17H18N2O2/c1-19(13-5-7-14(20)8-6-13)17(21)16-4-2-3-12-11-18-10-9-15(12)16/h2-8,18,20H,9-11H2,1H3. The summed E-state index contributed by atoms with van der Waals surface area (Å²) in [5.74, 6) is 0.183. The molecule has 0 unspecified atom stereocenters. The van der Waals surface area contributed by atoms with Crippen LogP contribution in [0.3, 0.4) is 0 Å². The van der Waals surface area contributed by atoms with Gasteiger partial charge in [0.2, 0.25) is 0 Å². The zero-order chi connectivity index (χ0) is 14.8. The number of rotatable bonds is 2. The number of phenols is 1. The number of benzene rings is 2. The number of anilines is 1. The molecule has 2 aromatic rings. The summed E-state index contributed by atoms with van der Waals surface area (Å²) in [5.41, 5.74) is 3.88. The minimum atomic E-state index is -0.0144. The zero-order valence-corrected chi connectivity index (χ0v) is 12.0. The maximum Gasteiger partial charge on any atom is 0.258 e. The molecule has 4 nitrogen and oxygen atoms in total. The minimum Gasteiger partial charge on any atom is -0.508 e. The number of fused-ring (bicyclic) bond motifs is 1. The molecule has 4 heteroatoms. The number of carbonyl (C=O) groups is 1. The maximum atomic E-state index is 12.7. The lowest BCUT2D eigenvalue weighted by atomic mass is 9.95. The van der Waals surface area contributed by atoms with Crippen molar-refractivity contribution in [1.82, 2.24) is 5.32 Å². The molecule has 0 aromatic heterocycles. The van der Waals surface area contributed by atoms with Gasteiger partial charge in [-0.25, -0.2) is 0 Å². The van der Waals surface area contributed by atoms with Crippen LogP contribution in [0.25, 0.3) is 0 Å². The normalized spacial score (nSPS) is 13.6. The predicted molar refractivity (Wildman–Crippen MR) is 82.7 cm³/mol. The fraction of sp³-hybridized carbons (Fsp3) is 0.235. The number of aromatic hydroxyl groups is 1. The highest BCUT2D eigenvalue weighted by molar-refractivity contribution is 6.07. The molecular formula is C17H18N2O2. The molecule has 0 spiro atoms. The zero-order valence-electron chi connectivity index (χ0n) is 12.0. The molecule has 0 atom stereocenters. The van der Waals surface area contributed by atoms with Crippen molar-refractivity contribution in [2.45, 2.75) is 13.0 Å². The average Bonchev–Trinajstić information content (AvgIpc) is 2.53. The van der Waals surface area contributed by atoms with E-state index < -0.39 is 0 Å². The predicted octanol–water partition coefficient (Wildman–Crippen LogP) is 2.31. The number of nitrogens with zero attached hydrogens (tertiary/aromatic N) is 1. The van der Waals surface area contributed by atoms with Gasteiger partial charge in [0.25, 0.3) is 5.91 Å². The van der Waals surface area contributed by atoms with Crippen LogP contribution in [0.15, 0.2) is 42.5 Å². The molecule has 0 bridgehead atoms. The van der Waals surface area contributed by atoms with E-state index in [0.29, 0.717) is 0 Å². The van der Waals surface area contributed by atoms with Crippen LogP contribution < -0.4 is 10.2 Å². The third-order valence-electron chi connectivity index (χ3n) is 3.91. The molecule has 0 saturated carbocycles. The van der Waals surface area contributed by atoms with E-state index in [-0.39, 0.29) is 11.7 Å². The number of phenolic OH excluding ortho intramolecular Hbond substituents is 1. The van der Waals surface area contributed by atoms with Crippen molar-refractivity contribution in [3.05, 3.63) is 59.2 Å². The summed E-state index contributed by atoms with van der Waals surface area (Å²) in [7, 11) is 1.76. The first kappa shape index (κ1) is 13.6. The summed E-state index contributed by atoms with van der Waals surface area (Å²) in [4.78, 5) is 14.4. The second-order valence-electron chi connectivity index (χ2n) is 5.25. The van der Waals surface area contributed by atoms with Crippen molar-refractivity contribution in [2.24, 2.45) is 0 Å². The van der Waals surface area contributed by atoms with Crippen molar-refractivity contribution in [2.75, 3.05) is 18.5 Å². The summed E-state index contributed by atoms with van der Waals surface area (Å²) in [5, 5.41) is 12.7. The molecule has 1 aliphatic heterocycles. The highest BCUT2D eigenvalue weighted by Gasteiger charge is 2.20. The highest BCUT2D eigenvalue weighted by Crippen LogP contribution is 2.23. The Hall–Kier alpha value is -2.33. The Morgan fingerprint density at radius 1 is 1.19 bits per heavy atom. The van der Waals surface area contributed by atoms with Crippen LogP contribution in [0.2, 0.25) is 0 Å². The smallest absolute Gasteiger partial charge is 0.258 e. The number of amides is 1. The summed E-state index contributed by atoms with van der Waals surface area (Å²) < 4.78 is 0. The first-order chi connectivity index (χ1) is 10.2. The summed E-state index contributed by atoms with van der Waals surface area (Å²) in [6, 6.07) is 12.5. The third-order valence-corrected chi connectivity index (χ3v) is 3.91. The molecule has 0 radical (unpaired) electrons. The Morgan fingerprint density at radius 2 is 1.95 bits per heavy atom. The lowest BCUT2D eigenvalue weighted by Crippen LogP contribution is -2.30. The number of hydrogen-bond donors (Lipinski definition) is 2. The molecule has 2 aromatic carbocycles. The largest absolute Gasteiger partial charge is 0.508 e. The molecule has 108 valence electrons. The molecule has 1 heterocycles. The van der Waals surface area contributed by atoms with Crippen LogP contribution in [0.5, 0.6) is 5.75 Å². The van der Waals surface area contributed by atoms with Crippen molar-refractivity contribution >= 4 is 11.6 Å². The van der Waals surface area contributed by atoms with Crippen molar-refractivity contribution in [3.8, 4) is 5.75 Å². The lowest BCUT2D eigenvalue weighted by Gasteiger charge is -2.23. The fourth-order valence-electron chi connectivity index (χ4n) is 2.71. The Kier molecular flexibility index (Phi) is 3.62. The van der Waals surface area contributed by atoms with Crippen LogP contribution in [0, 0.1) is 0 Å². The Bertz CT molecular complexity index is 665. The number of nitrogens with one attached hydrogen (secondary N) is 1. The van der Waals surface area contributed by atoms with Crippen molar-refractivity contribution in [3.63, 3.8) is 0 Å². The summed E-state index contributed by atoms with van der Waals surface area (Å²) in [6.45, 7) is 1.72. The Labute approximate surface area is 124 Å². The van der Waals surface area contributed by atoms with Gasteiger partial charge in [-0.1, -0.05) is 12.1 Å². The second kappa shape index (κ2) is 5.58. The minimum absolute atomic E-state index is 0.0144. The lowest BCUT2D eigenvalue weighted by molar-refractivity contribution is 0.0992. The molecule has 1 amide bonds. The van der Waals surface area contributed by atoms with Gasteiger partial charge in [0.1, 0.15) is 5.75 Å². The van der Waals surface area contributed by atoms with Gasteiger partial charge in [-0.15, -0.1) is 0 Å². The van der Waals surface area contributed by atoms with Gasteiger partial charge >= 0.3 is 0 Å². The number of carbonyl (C=O) groups excluding carboxylic acids is 1. The van der Waals surface area contributed by atoms with Crippen LogP contribution in [0.1, 0.15) is 21.5 Å². The van der Waals surface area contributed by atoms with Gasteiger partial charge < -0.3 is 15.3 Å². The monoisotopic (exact) mass is 282 g/mol.